The van der Waals surface area contributed by atoms with Crippen LogP contribution in [0.3, 0.4) is 0 Å². The summed E-state index contributed by atoms with van der Waals surface area (Å²) in [7, 11) is 0. The summed E-state index contributed by atoms with van der Waals surface area (Å²) in [6, 6.07) is 9.97. The molecule has 0 aromatic heterocycles. The molecule has 0 aliphatic carbocycles. The van der Waals surface area contributed by atoms with Gasteiger partial charge in [0.2, 0.25) is 0 Å². The molecule has 0 bridgehead atoms. The van der Waals surface area contributed by atoms with Crippen LogP contribution in [0.2, 0.25) is 0 Å². The van der Waals surface area contributed by atoms with Gasteiger partial charge >= 0.3 is 47.8 Å². The monoisotopic (exact) mass is 800 g/mol. The highest BCUT2D eigenvalue weighted by Gasteiger charge is 2.53. The molecule has 2 aromatic rings. The maximum atomic E-state index is 13.7. The summed E-state index contributed by atoms with van der Waals surface area (Å²) in [6.07, 6.45) is -6.94. The van der Waals surface area contributed by atoms with Crippen LogP contribution in [-0.4, -0.2) is 98.3 Å². The topological polar surface area (TPSA) is 229 Å². The van der Waals surface area contributed by atoms with Crippen LogP contribution in [0.15, 0.2) is 54.1 Å². The van der Waals surface area contributed by atoms with Gasteiger partial charge in [-0.1, -0.05) is 18.2 Å². The van der Waals surface area contributed by atoms with Crippen molar-refractivity contribution in [2.75, 3.05) is 19.8 Å². The van der Waals surface area contributed by atoms with Crippen molar-refractivity contribution in [2.45, 2.75) is 92.0 Å². The molecular weight excluding hydrogens is 756 g/mol. The van der Waals surface area contributed by atoms with Crippen LogP contribution in [0.1, 0.15) is 59.6 Å². The Kier molecular flexibility index (Phi) is 17.3. The second-order valence-corrected chi connectivity index (χ2v) is 12.6. The predicted octanol–water partition coefficient (Wildman–Crippen LogP) is 2.82. The molecule has 1 fully saturated rings. The van der Waals surface area contributed by atoms with E-state index >= 15 is 0 Å². The standard InChI is InChI=1S/C39H44O18/c1-21(14-15-48-22(2)40)19-50-39-38(57-34(46)17-28-8-11-30(12-9-28)51-24(4)42)37(36(54-27(7)45)33(55-39)20-49-23(3)41)56-35(47)18-29-10-13-31(52-25(5)43)32(16-29)53-26(6)44/h8-14,16,33,36-39H,15,17-20H2,1-7H3/b21-14+/t33-,36-,37+,38-,39-/m1/s1. The number of benzene rings is 2. The summed E-state index contributed by atoms with van der Waals surface area (Å²) in [4.78, 5) is 97.5. The van der Waals surface area contributed by atoms with Crippen LogP contribution in [0.5, 0.6) is 17.2 Å². The minimum absolute atomic E-state index is 0.0738. The largest absolute Gasteiger partial charge is 0.463 e. The summed E-state index contributed by atoms with van der Waals surface area (Å²) in [5.74, 6) is -5.90. The van der Waals surface area contributed by atoms with Gasteiger partial charge < -0.3 is 47.4 Å². The van der Waals surface area contributed by atoms with Gasteiger partial charge in [0, 0.05) is 41.5 Å². The van der Waals surface area contributed by atoms with E-state index in [1.54, 1.807) is 13.0 Å². The number of carbonyl (C=O) groups excluding carboxylic acids is 8. The molecule has 57 heavy (non-hydrogen) atoms. The maximum absolute atomic E-state index is 13.7. The Morgan fingerprint density at radius 2 is 1.14 bits per heavy atom. The van der Waals surface area contributed by atoms with Crippen molar-refractivity contribution < 1.29 is 85.7 Å². The van der Waals surface area contributed by atoms with Crippen LogP contribution in [0.25, 0.3) is 0 Å². The third-order valence-electron chi connectivity index (χ3n) is 7.47. The van der Waals surface area contributed by atoms with Crippen molar-refractivity contribution in [3.63, 3.8) is 0 Å². The molecule has 1 aliphatic heterocycles. The van der Waals surface area contributed by atoms with Crippen LogP contribution in [0, 0.1) is 0 Å². The Hall–Kier alpha value is -6.14. The molecule has 0 spiro atoms. The zero-order valence-electron chi connectivity index (χ0n) is 32.4. The Bertz CT molecular complexity index is 1830. The zero-order valence-corrected chi connectivity index (χ0v) is 32.4. The molecule has 5 atom stereocenters. The van der Waals surface area contributed by atoms with E-state index in [9.17, 15) is 38.4 Å². The molecule has 18 nitrogen and oxygen atoms in total. The molecule has 1 saturated heterocycles. The first kappa shape index (κ1) is 45.3. The van der Waals surface area contributed by atoms with Crippen molar-refractivity contribution in [2.24, 2.45) is 0 Å². The Balaban J connectivity index is 2.03. The minimum Gasteiger partial charge on any atom is -0.463 e. The lowest BCUT2D eigenvalue weighted by Gasteiger charge is -2.44. The van der Waals surface area contributed by atoms with E-state index in [4.69, 9.17) is 47.4 Å². The SMILES string of the molecule is CC(=O)OC/C=C(\C)CO[C@@H]1O[C@H](COC(C)=O)[C@@H](OC(C)=O)[C@H](OC(=O)Cc2ccc(OC(C)=O)c(OC(C)=O)c2)[C@H]1OC(=O)Cc1ccc(OC(C)=O)cc1. The number of ether oxygens (including phenoxy) is 10. The third kappa shape index (κ3) is 15.9. The molecule has 308 valence electrons. The van der Waals surface area contributed by atoms with Crippen LogP contribution in [-0.2, 0) is 84.4 Å². The average molecular weight is 801 g/mol. The summed E-state index contributed by atoms with van der Waals surface area (Å²) in [6.45, 7) is 7.82. The first-order valence-corrected chi connectivity index (χ1v) is 17.4. The van der Waals surface area contributed by atoms with Crippen molar-refractivity contribution in [1.82, 2.24) is 0 Å². The van der Waals surface area contributed by atoms with Crippen LogP contribution in [0.4, 0.5) is 0 Å². The first-order valence-electron chi connectivity index (χ1n) is 17.4. The fourth-order valence-electron chi connectivity index (χ4n) is 5.21. The Morgan fingerprint density at radius 3 is 1.72 bits per heavy atom. The average Bonchev–Trinajstić information content (AvgIpc) is 3.09. The third-order valence-corrected chi connectivity index (χ3v) is 7.47. The lowest BCUT2D eigenvalue weighted by molar-refractivity contribution is -0.306. The summed E-state index contributed by atoms with van der Waals surface area (Å²) in [5.41, 5.74) is 1.21. The Labute approximate surface area is 327 Å². The maximum Gasteiger partial charge on any atom is 0.310 e. The van der Waals surface area contributed by atoms with Gasteiger partial charge in [-0.25, -0.2) is 0 Å². The van der Waals surface area contributed by atoms with Gasteiger partial charge in [-0.2, -0.15) is 0 Å². The van der Waals surface area contributed by atoms with E-state index in [1.165, 1.54) is 56.3 Å². The molecule has 0 N–H and O–H groups in total. The Morgan fingerprint density at radius 1 is 0.579 bits per heavy atom. The van der Waals surface area contributed by atoms with Gasteiger partial charge in [0.05, 0.1) is 19.4 Å². The molecule has 18 heteroatoms. The molecule has 0 saturated carbocycles. The molecular formula is C39H44O18. The van der Waals surface area contributed by atoms with Gasteiger partial charge in [0.15, 0.2) is 36.1 Å². The normalized spacial score (nSPS) is 18.9. The van der Waals surface area contributed by atoms with Crippen molar-refractivity contribution in [1.29, 1.82) is 0 Å². The summed E-state index contributed by atoms with van der Waals surface area (Å²) >= 11 is 0. The van der Waals surface area contributed by atoms with E-state index in [0.717, 1.165) is 27.7 Å². The molecule has 1 aliphatic rings. The predicted molar refractivity (Wildman–Crippen MR) is 191 cm³/mol. The van der Waals surface area contributed by atoms with Crippen molar-refractivity contribution in [3.05, 3.63) is 65.2 Å². The molecule has 2 aromatic carbocycles. The van der Waals surface area contributed by atoms with Crippen molar-refractivity contribution in [3.8, 4) is 17.2 Å². The smallest absolute Gasteiger partial charge is 0.310 e. The molecule has 1 heterocycles. The highest BCUT2D eigenvalue weighted by molar-refractivity contribution is 5.77. The second kappa shape index (κ2) is 21.8. The lowest BCUT2D eigenvalue weighted by Crippen LogP contribution is -2.63. The van der Waals surface area contributed by atoms with Crippen molar-refractivity contribution >= 4 is 47.8 Å². The van der Waals surface area contributed by atoms with Gasteiger partial charge in [0.25, 0.3) is 0 Å². The highest BCUT2D eigenvalue weighted by Crippen LogP contribution is 2.32. The number of rotatable bonds is 17. The second-order valence-electron chi connectivity index (χ2n) is 12.6. The van der Waals surface area contributed by atoms with E-state index in [2.05, 4.69) is 0 Å². The van der Waals surface area contributed by atoms with Gasteiger partial charge in [-0.3, -0.25) is 38.4 Å². The number of hydrogen-bond acceptors (Lipinski definition) is 18. The van der Waals surface area contributed by atoms with E-state index in [0.29, 0.717) is 11.1 Å². The van der Waals surface area contributed by atoms with Crippen LogP contribution >= 0.6 is 0 Å². The van der Waals surface area contributed by atoms with Gasteiger partial charge in [-0.05, 0) is 54.0 Å². The highest BCUT2D eigenvalue weighted by atomic mass is 16.7. The fourth-order valence-corrected chi connectivity index (χ4v) is 5.21. The fraction of sp³-hybridized carbons (Fsp3) is 0.436. The lowest BCUT2D eigenvalue weighted by atomic mass is 9.97. The minimum atomic E-state index is -1.64. The summed E-state index contributed by atoms with van der Waals surface area (Å²) < 4.78 is 54.8. The quantitative estimate of drug-likeness (QED) is 0.0969. The van der Waals surface area contributed by atoms with Gasteiger partial charge in [0.1, 0.15) is 25.1 Å². The molecule has 0 amide bonds. The number of hydrogen-bond donors (Lipinski definition) is 0. The van der Waals surface area contributed by atoms with Crippen LogP contribution < -0.4 is 14.2 Å². The van der Waals surface area contributed by atoms with E-state index < -0.39 is 91.5 Å². The van der Waals surface area contributed by atoms with E-state index in [-0.39, 0.29) is 42.4 Å². The first-order chi connectivity index (χ1) is 26.9. The van der Waals surface area contributed by atoms with E-state index in [1.807, 2.05) is 0 Å². The number of carbonyl (C=O) groups is 8. The molecule has 0 radical (unpaired) electrons. The van der Waals surface area contributed by atoms with Gasteiger partial charge in [-0.15, -0.1) is 0 Å². The molecule has 0 unspecified atom stereocenters. The molecule has 3 rings (SSSR count). The zero-order chi connectivity index (χ0) is 42.2. The summed E-state index contributed by atoms with van der Waals surface area (Å²) in [5, 5.41) is 0. The number of esters is 8.